The van der Waals surface area contributed by atoms with E-state index in [9.17, 15) is 14.3 Å². The second-order valence-corrected chi connectivity index (χ2v) is 10.5. The SMILES string of the molecule is Cc1c(OCC2CCCC2)cc(C(=O)Nc2cnc(P(C)(=O)O)cn2)cc1OC(C)C. The predicted molar refractivity (Wildman–Crippen MR) is 120 cm³/mol. The number of nitrogens with zero attached hydrogens (tertiary/aromatic N) is 2. The highest BCUT2D eigenvalue weighted by Crippen LogP contribution is 2.34. The van der Waals surface area contributed by atoms with Crippen LogP contribution < -0.4 is 20.2 Å². The first kappa shape index (κ1) is 23.2. The molecular formula is C22H30N3O5P. The first-order valence-corrected chi connectivity index (χ1v) is 12.6. The van der Waals surface area contributed by atoms with Gasteiger partial charge in [0, 0.05) is 17.8 Å². The minimum atomic E-state index is -3.50. The highest BCUT2D eigenvalue weighted by Gasteiger charge is 2.20. The molecule has 1 aliphatic rings. The maximum Gasteiger partial charge on any atom is 0.257 e. The van der Waals surface area contributed by atoms with Crippen LogP contribution in [0, 0.1) is 12.8 Å². The molecule has 0 bridgehead atoms. The largest absolute Gasteiger partial charge is 0.493 e. The third-order valence-corrected chi connectivity index (χ3v) is 6.27. The lowest BCUT2D eigenvalue weighted by molar-refractivity contribution is 0.102. The molecule has 0 aliphatic heterocycles. The number of carbonyl (C=O) groups is 1. The number of aromatic nitrogens is 2. The number of nitrogens with one attached hydrogen (secondary N) is 1. The Labute approximate surface area is 182 Å². The number of carbonyl (C=O) groups excluding carboxylic acids is 1. The molecule has 9 heteroatoms. The maximum atomic E-state index is 12.9. The van der Waals surface area contributed by atoms with Gasteiger partial charge < -0.3 is 19.7 Å². The van der Waals surface area contributed by atoms with Crippen LogP contribution in [-0.2, 0) is 4.57 Å². The van der Waals surface area contributed by atoms with Gasteiger partial charge in [-0.05, 0) is 51.7 Å². The number of hydrogen-bond donors (Lipinski definition) is 2. The number of rotatable bonds is 8. The predicted octanol–water partition coefficient (Wildman–Crippen LogP) is 3.92. The first-order valence-electron chi connectivity index (χ1n) is 10.5. The second kappa shape index (κ2) is 9.79. The van der Waals surface area contributed by atoms with Crippen molar-refractivity contribution in [2.75, 3.05) is 18.6 Å². The summed E-state index contributed by atoms with van der Waals surface area (Å²) in [6, 6.07) is 3.39. The van der Waals surface area contributed by atoms with Crippen LogP contribution in [-0.4, -0.2) is 40.1 Å². The average molecular weight is 447 g/mol. The van der Waals surface area contributed by atoms with E-state index in [-0.39, 0.29) is 17.4 Å². The molecule has 0 saturated heterocycles. The monoisotopic (exact) mass is 447 g/mol. The van der Waals surface area contributed by atoms with Gasteiger partial charge in [0.2, 0.25) is 7.37 Å². The van der Waals surface area contributed by atoms with Crippen LogP contribution >= 0.6 is 7.37 Å². The fourth-order valence-corrected chi connectivity index (χ4v) is 4.04. The summed E-state index contributed by atoms with van der Waals surface area (Å²) in [5, 5.41) is 2.67. The summed E-state index contributed by atoms with van der Waals surface area (Å²) < 4.78 is 23.7. The molecule has 1 amide bonds. The zero-order valence-corrected chi connectivity index (χ0v) is 19.3. The van der Waals surface area contributed by atoms with E-state index >= 15 is 0 Å². The van der Waals surface area contributed by atoms with Gasteiger partial charge in [-0.1, -0.05) is 12.8 Å². The van der Waals surface area contributed by atoms with Crippen LogP contribution in [0.5, 0.6) is 11.5 Å². The minimum absolute atomic E-state index is 0.0175. The van der Waals surface area contributed by atoms with Gasteiger partial charge in [-0.25, -0.2) is 9.97 Å². The Bertz CT molecular complexity index is 966. The summed E-state index contributed by atoms with van der Waals surface area (Å²) in [7, 11) is -3.50. The van der Waals surface area contributed by atoms with Gasteiger partial charge in [0.25, 0.3) is 5.91 Å². The van der Waals surface area contributed by atoms with Crippen molar-refractivity contribution in [3.05, 3.63) is 35.7 Å². The molecule has 1 unspecified atom stereocenters. The Morgan fingerprint density at radius 1 is 1.23 bits per heavy atom. The lowest BCUT2D eigenvalue weighted by Gasteiger charge is -2.19. The van der Waals surface area contributed by atoms with Crippen LogP contribution in [0.4, 0.5) is 5.82 Å². The third-order valence-electron chi connectivity index (χ3n) is 5.19. The van der Waals surface area contributed by atoms with Gasteiger partial charge >= 0.3 is 0 Å². The Morgan fingerprint density at radius 2 is 1.90 bits per heavy atom. The molecule has 1 atom stereocenters. The summed E-state index contributed by atoms with van der Waals surface area (Å²) in [6.07, 6.45) is 7.21. The molecule has 1 aliphatic carbocycles. The van der Waals surface area contributed by atoms with Crippen molar-refractivity contribution in [3.8, 4) is 11.5 Å². The normalized spacial score (nSPS) is 16.2. The summed E-state index contributed by atoms with van der Waals surface area (Å²) in [5.41, 5.74) is 1.21. The molecular weight excluding hydrogens is 417 g/mol. The number of amides is 1. The quantitative estimate of drug-likeness (QED) is 0.590. The van der Waals surface area contributed by atoms with Crippen LogP contribution in [0.1, 0.15) is 55.5 Å². The Kier molecular flexibility index (Phi) is 7.34. The van der Waals surface area contributed by atoms with E-state index in [1.54, 1.807) is 12.1 Å². The van der Waals surface area contributed by atoms with Crippen LogP contribution in [0.15, 0.2) is 24.5 Å². The standard InChI is InChI=1S/C22H30N3O5P/c1-14(2)30-19-10-17(9-18(15(19)3)29-13-16-7-5-6-8-16)22(26)25-20-11-24-21(12-23-20)31(4,27)28/h9-12,14,16H,5-8,13H2,1-4H3,(H,27,28)(H,23,25,26). The number of anilines is 1. The van der Waals surface area contributed by atoms with E-state index in [0.29, 0.717) is 29.6 Å². The van der Waals surface area contributed by atoms with Crippen molar-refractivity contribution in [2.24, 2.45) is 5.92 Å². The molecule has 0 spiro atoms. The lowest BCUT2D eigenvalue weighted by atomic mass is 10.1. The highest BCUT2D eigenvalue weighted by molar-refractivity contribution is 7.65. The zero-order valence-electron chi connectivity index (χ0n) is 18.4. The highest BCUT2D eigenvalue weighted by atomic mass is 31.2. The molecule has 8 nitrogen and oxygen atoms in total. The van der Waals surface area contributed by atoms with Gasteiger partial charge in [-0.2, -0.15) is 0 Å². The van der Waals surface area contributed by atoms with E-state index in [0.717, 1.165) is 5.56 Å². The van der Waals surface area contributed by atoms with E-state index in [2.05, 4.69) is 15.3 Å². The van der Waals surface area contributed by atoms with E-state index in [1.165, 1.54) is 44.7 Å². The Balaban J connectivity index is 1.81. The lowest BCUT2D eigenvalue weighted by Crippen LogP contribution is -2.17. The molecule has 168 valence electrons. The van der Waals surface area contributed by atoms with Gasteiger partial charge in [-0.15, -0.1) is 0 Å². The summed E-state index contributed by atoms with van der Waals surface area (Å²) in [6.45, 7) is 7.58. The van der Waals surface area contributed by atoms with Crippen LogP contribution in [0.25, 0.3) is 0 Å². The topological polar surface area (TPSA) is 111 Å². The number of hydrogen-bond acceptors (Lipinski definition) is 6. The van der Waals surface area contributed by atoms with Crippen molar-refractivity contribution in [1.29, 1.82) is 0 Å². The zero-order chi connectivity index (χ0) is 22.6. The van der Waals surface area contributed by atoms with Gasteiger partial charge in [0.1, 0.15) is 16.9 Å². The van der Waals surface area contributed by atoms with Gasteiger partial charge in [0.05, 0.1) is 25.1 Å². The summed E-state index contributed by atoms with van der Waals surface area (Å²) in [5.74, 6) is 1.55. The molecule has 0 radical (unpaired) electrons. The smallest absolute Gasteiger partial charge is 0.257 e. The van der Waals surface area contributed by atoms with E-state index in [4.69, 9.17) is 9.47 Å². The van der Waals surface area contributed by atoms with Crippen LogP contribution in [0.2, 0.25) is 0 Å². The summed E-state index contributed by atoms with van der Waals surface area (Å²) >= 11 is 0. The average Bonchev–Trinajstić information content (AvgIpc) is 3.21. The molecule has 1 aromatic carbocycles. The van der Waals surface area contributed by atoms with Crippen molar-refractivity contribution in [3.63, 3.8) is 0 Å². The van der Waals surface area contributed by atoms with Crippen molar-refractivity contribution in [1.82, 2.24) is 9.97 Å². The fourth-order valence-electron chi connectivity index (χ4n) is 3.49. The van der Waals surface area contributed by atoms with Crippen molar-refractivity contribution in [2.45, 2.75) is 52.6 Å². The molecule has 1 saturated carbocycles. The number of ether oxygens (including phenoxy) is 2. The van der Waals surface area contributed by atoms with E-state index in [1.807, 2.05) is 20.8 Å². The van der Waals surface area contributed by atoms with Gasteiger partial charge in [0.15, 0.2) is 5.82 Å². The first-order chi connectivity index (χ1) is 14.6. The second-order valence-electron chi connectivity index (χ2n) is 8.32. The molecule has 1 aromatic heterocycles. The summed E-state index contributed by atoms with van der Waals surface area (Å²) in [4.78, 5) is 30.4. The van der Waals surface area contributed by atoms with Crippen molar-refractivity contribution >= 4 is 24.5 Å². The molecule has 1 heterocycles. The van der Waals surface area contributed by atoms with Crippen molar-refractivity contribution < 1.29 is 23.7 Å². The molecule has 1 fully saturated rings. The molecule has 3 rings (SSSR count). The molecule has 2 aromatic rings. The third kappa shape index (κ3) is 6.28. The van der Waals surface area contributed by atoms with E-state index < -0.39 is 13.3 Å². The maximum absolute atomic E-state index is 12.9. The number of benzene rings is 1. The molecule has 31 heavy (non-hydrogen) atoms. The molecule has 2 N–H and O–H groups in total. The Hall–Kier alpha value is -2.44. The minimum Gasteiger partial charge on any atom is -0.493 e. The van der Waals surface area contributed by atoms with Crippen LogP contribution in [0.3, 0.4) is 0 Å². The Morgan fingerprint density at radius 3 is 2.48 bits per heavy atom. The van der Waals surface area contributed by atoms with Gasteiger partial charge in [-0.3, -0.25) is 9.36 Å². The fraction of sp³-hybridized carbons (Fsp3) is 0.500.